The third kappa shape index (κ3) is 3.93. The first kappa shape index (κ1) is 19.3. The first-order valence-electron chi connectivity index (χ1n) is 10.4. The Labute approximate surface area is 163 Å². The van der Waals surface area contributed by atoms with Gasteiger partial charge in [0, 0.05) is 18.9 Å². The molecule has 1 N–H and O–H groups in total. The Morgan fingerprint density at radius 1 is 1.22 bits per heavy atom. The van der Waals surface area contributed by atoms with Gasteiger partial charge in [0.1, 0.15) is 0 Å². The second kappa shape index (κ2) is 7.11. The molecule has 0 bridgehead atoms. The number of ether oxygens (including phenoxy) is 2. The number of aromatic nitrogens is 1. The fourth-order valence-electron chi connectivity index (χ4n) is 5.18. The number of aliphatic hydroxyl groups excluding tert-OH is 1. The van der Waals surface area contributed by atoms with Gasteiger partial charge in [-0.3, -0.25) is 9.88 Å². The van der Waals surface area contributed by atoms with Crippen LogP contribution in [0, 0.1) is 5.41 Å². The largest absolute Gasteiger partial charge is 0.390 e. The molecule has 3 atom stereocenters. The zero-order valence-corrected chi connectivity index (χ0v) is 17.0. The Bertz CT molecular complexity index is 642. The molecule has 0 unspecified atom stereocenters. The molecule has 27 heavy (non-hydrogen) atoms. The molecule has 1 aromatic rings. The average molecular weight is 375 g/mol. The number of likely N-dealkylation sites (tertiary alicyclic amines) is 1. The van der Waals surface area contributed by atoms with Crippen molar-refractivity contribution in [2.45, 2.75) is 82.8 Å². The summed E-state index contributed by atoms with van der Waals surface area (Å²) in [6.07, 6.45) is 8.65. The van der Waals surface area contributed by atoms with E-state index in [0.717, 1.165) is 45.5 Å². The highest BCUT2D eigenvalue weighted by Crippen LogP contribution is 2.49. The lowest BCUT2D eigenvalue weighted by atomic mass is 9.73. The normalized spacial score (nSPS) is 36.1. The van der Waals surface area contributed by atoms with E-state index in [1.54, 1.807) is 0 Å². The van der Waals surface area contributed by atoms with Gasteiger partial charge in [-0.1, -0.05) is 6.07 Å². The Hall–Kier alpha value is -1.01. The number of rotatable bonds is 3. The standard InChI is InChI=1S/C22H34N2O3/c1-20(2)18(25)6-7-21(3,27-20)19-13-22(16-26-19)8-11-24(12-9-22)15-17-5-4-10-23-14-17/h4-5,10,14,18-19,25H,6-9,11-13,15-16H2,1-3H3/t18-,19+,21+/m0/s1. The van der Waals surface area contributed by atoms with Crippen LogP contribution in [0.2, 0.25) is 0 Å². The molecule has 0 aromatic carbocycles. The van der Waals surface area contributed by atoms with Crippen molar-refractivity contribution in [2.24, 2.45) is 5.41 Å². The summed E-state index contributed by atoms with van der Waals surface area (Å²) < 4.78 is 12.7. The van der Waals surface area contributed by atoms with Gasteiger partial charge in [-0.2, -0.15) is 0 Å². The summed E-state index contributed by atoms with van der Waals surface area (Å²) in [5, 5.41) is 10.2. The highest BCUT2D eigenvalue weighted by molar-refractivity contribution is 5.09. The second-order valence-corrected chi connectivity index (χ2v) is 9.71. The van der Waals surface area contributed by atoms with Crippen molar-refractivity contribution in [3.63, 3.8) is 0 Å². The average Bonchev–Trinajstić information content (AvgIpc) is 3.06. The zero-order valence-electron chi connectivity index (χ0n) is 17.0. The molecule has 1 aromatic heterocycles. The highest BCUT2D eigenvalue weighted by atomic mass is 16.6. The van der Waals surface area contributed by atoms with Gasteiger partial charge in [-0.25, -0.2) is 0 Å². The van der Waals surface area contributed by atoms with E-state index in [-0.39, 0.29) is 11.7 Å². The molecule has 4 heterocycles. The number of hydrogen-bond donors (Lipinski definition) is 1. The molecule has 0 amide bonds. The minimum Gasteiger partial charge on any atom is -0.390 e. The van der Waals surface area contributed by atoms with E-state index in [1.807, 2.05) is 32.3 Å². The van der Waals surface area contributed by atoms with Crippen LogP contribution in [-0.4, -0.2) is 58.1 Å². The van der Waals surface area contributed by atoms with Gasteiger partial charge in [0.25, 0.3) is 0 Å². The van der Waals surface area contributed by atoms with E-state index in [0.29, 0.717) is 5.41 Å². The molecule has 5 nitrogen and oxygen atoms in total. The van der Waals surface area contributed by atoms with Crippen molar-refractivity contribution < 1.29 is 14.6 Å². The van der Waals surface area contributed by atoms with Crippen LogP contribution < -0.4 is 0 Å². The van der Waals surface area contributed by atoms with Crippen LogP contribution in [0.4, 0.5) is 0 Å². The summed E-state index contributed by atoms with van der Waals surface area (Å²) in [5.41, 5.74) is 0.791. The van der Waals surface area contributed by atoms with E-state index >= 15 is 0 Å². The van der Waals surface area contributed by atoms with Crippen molar-refractivity contribution in [3.05, 3.63) is 30.1 Å². The van der Waals surface area contributed by atoms with Crippen molar-refractivity contribution in [3.8, 4) is 0 Å². The first-order valence-corrected chi connectivity index (χ1v) is 10.4. The molecule has 0 saturated carbocycles. The Morgan fingerprint density at radius 2 is 2.00 bits per heavy atom. The molecule has 1 spiro atoms. The summed E-state index contributed by atoms with van der Waals surface area (Å²) in [6, 6.07) is 4.17. The second-order valence-electron chi connectivity index (χ2n) is 9.71. The van der Waals surface area contributed by atoms with Crippen LogP contribution in [0.25, 0.3) is 0 Å². The molecule has 3 aliphatic heterocycles. The Balaban J connectivity index is 1.34. The maximum absolute atomic E-state index is 10.2. The lowest BCUT2D eigenvalue weighted by molar-refractivity contribution is -0.245. The van der Waals surface area contributed by atoms with E-state index in [1.165, 1.54) is 18.4 Å². The van der Waals surface area contributed by atoms with E-state index < -0.39 is 11.7 Å². The monoisotopic (exact) mass is 374 g/mol. The lowest BCUT2D eigenvalue weighted by Gasteiger charge is -2.48. The third-order valence-electron chi connectivity index (χ3n) is 7.15. The van der Waals surface area contributed by atoms with Gasteiger partial charge in [-0.15, -0.1) is 0 Å². The predicted octanol–water partition coefficient (Wildman–Crippen LogP) is 3.16. The number of nitrogens with zero attached hydrogens (tertiary/aromatic N) is 2. The Kier molecular flexibility index (Phi) is 5.08. The Morgan fingerprint density at radius 3 is 2.67 bits per heavy atom. The molecule has 150 valence electrons. The van der Waals surface area contributed by atoms with Crippen molar-refractivity contribution in [1.82, 2.24) is 9.88 Å². The first-order chi connectivity index (χ1) is 12.8. The minimum atomic E-state index is -0.501. The summed E-state index contributed by atoms with van der Waals surface area (Å²) in [6.45, 7) is 10.2. The van der Waals surface area contributed by atoms with E-state index in [4.69, 9.17) is 9.47 Å². The number of pyridine rings is 1. The van der Waals surface area contributed by atoms with Gasteiger partial charge < -0.3 is 14.6 Å². The maximum Gasteiger partial charge on any atom is 0.0924 e. The highest BCUT2D eigenvalue weighted by Gasteiger charge is 2.53. The van der Waals surface area contributed by atoms with Gasteiger partial charge >= 0.3 is 0 Å². The summed E-state index contributed by atoms with van der Waals surface area (Å²) in [4.78, 5) is 6.76. The molecule has 5 heteroatoms. The van der Waals surface area contributed by atoms with Gasteiger partial charge in [-0.05, 0) is 83.0 Å². The zero-order chi connectivity index (χ0) is 19.1. The SMILES string of the molecule is CC1(C)O[C@@](C)([C@H]2CC3(CCN(Cc4cccnc4)CC3)CO2)CC[C@@H]1O. The number of aliphatic hydroxyl groups is 1. The van der Waals surface area contributed by atoms with Crippen LogP contribution in [0.5, 0.6) is 0 Å². The predicted molar refractivity (Wildman–Crippen MR) is 104 cm³/mol. The lowest BCUT2D eigenvalue weighted by Crippen LogP contribution is -2.56. The van der Waals surface area contributed by atoms with Gasteiger partial charge in [0.05, 0.1) is 30.0 Å². The van der Waals surface area contributed by atoms with Crippen LogP contribution in [0.3, 0.4) is 0 Å². The van der Waals surface area contributed by atoms with Gasteiger partial charge in [0.2, 0.25) is 0 Å². The number of hydrogen-bond acceptors (Lipinski definition) is 5. The summed E-state index contributed by atoms with van der Waals surface area (Å²) in [7, 11) is 0. The van der Waals surface area contributed by atoms with Gasteiger partial charge in [0.15, 0.2) is 0 Å². The summed E-state index contributed by atoms with van der Waals surface area (Å²) in [5.74, 6) is 0. The molecule has 0 radical (unpaired) electrons. The molecule has 3 saturated heterocycles. The van der Waals surface area contributed by atoms with E-state index in [9.17, 15) is 5.11 Å². The fourth-order valence-corrected chi connectivity index (χ4v) is 5.18. The molecular formula is C22H34N2O3. The molecule has 3 aliphatic rings. The van der Waals surface area contributed by atoms with E-state index in [2.05, 4.69) is 22.9 Å². The minimum absolute atomic E-state index is 0.133. The topological polar surface area (TPSA) is 54.8 Å². The van der Waals surface area contributed by atoms with Crippen LogP contribution >= 0.6 is 0 Å². The third-order valence-corrected chi connectivity index (χ3v) is 7.15. The maximum atomic E-state index is 10.2. The molecule has 0 aliphatic carbocycles. The summed E-state index contributed by atoms with van der Waals surface area (Å²) >= 11 is 0. The smallest absolute Gasteiger partial charge is 0.0924 e. The van der Waals surface area contributed by atoms with Crippen molar-refractivity contribution in [2.75, 3.05) is 19.7 Å². The van der Waals surface area contributed by atoms with Crippen LogP contribution in [0.1, 0.15) is 58.4 Å². The molecular weight excluding hydrogens is 340 g/mol. The molecule has 3 fully saturated rings. The quantitative estimate of drug-likeness (QED) is 0.881. The number of piperidine rings is 1. The fraction of sp³-hybridized carbons (Fsp3) is 0.773. The van der Waals surface area contributed by atoms with Crippen molar-refractivity contribution >= 4 is 0 Å². The molecule has 4 rings (SSSR count). The van der Waals surface area contributed by atoms with Crippen LogP contribution in [-0.2, 0) is 16.0 Å². The van der Waals surface area contributed by atoms with Crippen molar-refractivity contribution in [1.29, 1.82) is 0 Å². The van der Waals surface area contributed by atoms with Crippen LogP contribution in [0.15, 0.2) is 24.5 Å².